The number of fused-ring (bicyclic) bond motifs is 1. The molecule has 0 spiro atoms. The molecule has 1 aliphatic rings. The van der Waals surface area contributed by atoms with Crippen LogP contribution in [0.1, 0.15) is 25.8 Å². The highest BCUT2D eigenvalue weighted by molar-refractivity contribution is 7.16. The summed E-state index contributed by atoms with van der Waals surface area (Å²) in [5.41, 5.74) is 2.19. The number of nitro benzene ring substituents is 1. The lowest BCUT2D eigenvalue weighted by Crippen LogP contribution is -2.29. The number of nitro groups is 1. The van der Waals surface area contributed by atoms with Crippen LogP contribution in [0.4, 0.5) is 10.8 Å². The van der Waals surface area contributed by atoms with Crippen molar-refractivity contribution in [2.24, 2.45) is 0 Å². The summed E-state index contributed by atoms with van der Waals surface area (Å²) in [5, 5.41) is 16.1. The van der Waals surface area contributed by atoms with Gasteiger partial charge in [-0.05, 0) is 17.0 Å². The second kappa shape index (κ2) is 7.55. The Balaban J connectivity index is 1.40. The first-order valence-electron chi connectivity index (χ1n) is 8.37. The van der Waals surface area contributed by atoms with Gasteiger partial charge in [0.2, 0.25) is 0 Å². The van der Waals surface area contributed by atoms with Crippen molar-refractivity contribution in [1.29, 1.82) is 0 Å². The SMILES string of the molecule is O=C(Nc1nc2c(s1)CN(Cc1ccc([N+](=O)[O-])cc1)CC2)c1cccs1. The number of anilines is 1. The number of aromatic nitrogens is 1. The van der Waals surface area contributed by atoms with Crippen molar-refractivity contribution < 1.29 is 9.72 Å². The molecule has 0 atom stereocenters. The van der Waals surface area contributed by atoms with Crippen LogP contribution in [0.25, 0.3) is 0 Å². The number of carbonyl (C=O) groups is 1. The molecular formula is C18H16N4O3S2. The third-order valence-corrected chi connectivity index (χ3v) is 6.20. The smallest absolute Gasteiger partial charge is 0.269 e. The summed E-state index contributed by atoms with van der Waals surface area (Å²) < 4.78 is 0. The van der Waals surface area contributed by atoms with Crippen LogP contribution in [0.5, 0.6) is 0 Å². The molecule has 1 aromatic carbocycles. The molecule has 3 aromatic rings. The monoisotopic (exact) mass is 400 g/mol. The van der Waals surface area contributed by atoms with Gasteiger partial charge in [-0.1, -0.05) is 18.2 Å². The third-order valence-electron chi connectivity index (χ3n) is 4.33. The number of hydrogen-bond acceptors (Lipinski definition) is 7. The summed E-state index contributed by atoms with van der Waals surface area (Å²) in [4.78, 5) is 31.2. The van der Waals surface area contributed by atoms with Crippen LogP contribution in [0, 0.1) is 10.1 Å². The van der Waals surface area contributed by atoms with Gasteiger partial charge in [0.15, 0.2) is 5.13 Å². The Morgan fingerprint density at radius 1 is 1.30 bits per heavy atom. The van der Waals surface area contributed by atoms with Gasteiger partial charge in [-0.2, -0.15) is 0 Å². The number of rotatable bonds is 5. The van der Waals surface area contributed by atoms with Crippen molar-refractivity contribution in [1.82, 2.24) is 9.88 Å². The Kier molecular flexibility index (Phi) is 4.97. The maximum absolute atomic E-state index is 12.2. The summed E-state index contributed by atoms with van der Waals surface area (Å²) in [6.45, 7) is 2.36. The molecule has 2 aromatic heterocycles. The molecule has 1 amide bonds. The zero-order valence-electron chi connectivity index (χ0n) is 14.3. The topological polar surface area (TPSA) is 88.4 Å². The van der Waals surface area contributed by atoms with Crippen molar-refractivity contribution in [3.63, 3.8) is 0 Å². The van der Waals surface area contributed by atoms with Crippen LogP contribution in [0.2, 0.25) is 0 Å². The van der Waals surface area contributed by atoms with E-state index in [1.54, 1.807) is 18.2 Å². The second-order valence-electron chi connectivity index (χ2n) is 6.20. The third kappa shape index (κ3) is 4.05. The predicted molar refractivity (Wildman–Crippen MR) is 105 cm³/mol. The van der Waals surface area contributed by atoms with Gasteiger partial charge in [0.05, 0.1) is 15.5 Å². The fourth-order valence-electron chi connectivity index (χ4n) is 2.98. The molecule has 1 aliphatic heterocycles. The molecule has 7 nitrogen and oxygen atoms in total. The molecule has 138 valence electrons. The van der Waals surface area contributed by atoms with Gasteiger partial charge >= 0.3 is 0 Å². The molecule has 27 heavy (non-hydrogen) atoms. The van der Waals surface area contributed by atoms with Crippen molar-refractivity contribution in [2.75, 3.05) is 11.9 Å². The summed E-state index contributed by atoms with van der Waals surface area (Å²) in [6, 6.07) is 10.3. The zero-order valence-corrected chi connectivity index (χ0v) is 15.9. The number of thiazole rings is 1. The van der Waals surface area contributed by atoms with Gasteiger partial charge in [0, 0.05) is 43.1 Å². The molecule has 0 radical (unpaired) electrons. The average Bonchev–Trinajstić information content (AvgIpc) is 3.31. The van der Waals surface area contributed by atoms with Gasteiger partial charge in [-0.15, -0.1) is 22.7 Å². The number of benzene rings is 1. The molecule has 1 N–H and O–H groups in total. The minimum Gasteiger partial charge on any atom is -0.297 e. The highest BCUT2D eigenvalue weighted by Crippen LogP contribution is 2.29. The number of carbonyl (C=O) groups excluding carboxylic acids is 1. The first-order chi connectivity index (χ1) is 13.1. The molecule has 0 saturated carbocycles. The van der Waals surface area contributed by atoms with Gasteiger partial charge in [0.25, 0.3) is 11.6 Å². The summed E-state index contributed by atoms with van der Waals surface area (Å²) in [5.74, 6) is -0.126. The lowest BCUT2D eigenvalue weighted by Gasteiger charge is -2.25. The molecule has 0 aliphatic carbocycles. The first-order valence-corrected chi connectivity index (χ1v) is 10.1. The van der Waals surface area contributed by atoms with Gasteiger partial charge in [0.1, 0.15) is 0 Å². The quantitative estimate of drug-likeness (QED) is 0.518. The van der Waals surface area contributed by atoms with E-state index in [1.165, 1.54) is 34.8 Å². The Hall–Kier alpha value is -2.62. The van der Waals surface area contributed by atoms with Crippen LogP contribution < -0.4 is 5.32 Å². The van der Waals surface area contributed by atoms with E-state index in [0.717, 1.165) is 42.2 Å². The van der Waals surface area contributed by atoms with E-state index in [2.05, 4.69) is 15.2 Å². The highest BCUT2D eigenvalue weighted by Gasteiger charge is 2.22. The average molecular weight is 400 g/mol. The molecule has 4 rings (SSSR count). The van der Waals surface area contributed by atoms with E-state index in [1.807, 2.05) is 11.4 Å². The van der Waals surface area contributed by atoms with Crippen molar-refractivity contribution >= 4 is 39.4 Å². The van der Waals surface area contributed by atoms with Crippen molar-refractivity contribution in [2.45, 2.75) is 19.5 Å². The zero-order chi connectivity index (χ0) is 18.8. The van der Waals surface area contributed by atoms with Gasteiger partial charge < -0.3 is 0 Å². The summed E-state index contributed by atoms with van der Waals surface area (Å²) in [6.07, 6.45) is 0.827. The number of amides is 1. The van der Waals surface area contributed by atoms with E-state index in [4.69, 9.17) is 0 Å². The Morgan fingerprint density at radius 3 is 2.81 bits per heavy atom. The summed E-state index contributed by atoms with van der Waals surface area (Å²) in [7, 11) is 0. The minimum atomic E-state index is -0.389. The Labute approximate surface area is 163 Å². The first kappa shape index (κ1) is 17.8. The molecule has 9 heteroatoms. The maximum Gasteiger partial charge on any atom is 0.269 e. The number of nitrogens with zero attached hydrogens (tertiary/aromatic N) is 3. The number of hydrogen-bond donors (Lipinski definition) is 1. The van der Waals surface area contributed by atoms with Crippen LogP contribution in [0.3, 0.4) is 0 Å². The van der Waals surface area contributed by atoms with Crippen molar-refractivity contribution in [3.05, 3.63) is 72.9 Å². The number of nitrogens with one attached hydrogen (secondary N) is 1. The molecule has 3 heterocycles. The lowest BCUT2D eigenvalue weighted by atomic mass is 10.1. The predicted octanol–water partition coefficient (Wildman–Crippen LogP) is 3.92. The van der Waals surface area contributed by atoms with E-state index in [9.17, 15) is 14.9 Å². The van der Waals surface area contributed by atoms with E-state index >= 15 is 0 Å². The van der Waals surface area contributed by atoms with Crippen LogP contribution in [-0.4, -0.2) is 27.3 Å². The van der Waals surface area contributed by atoms with E-state index in [0.29, 0.717) is 10.0 Å². The number of thiophene rings is 1. The number of non-ortho nitro benzene ring substituents is 1. The van der Waals surface area contributed by atoms with Crippen LogP contribution in [0.15, 0.2) is 41.8 Å². The van der Waals surface area contributed by atoms with E-state index < -0.39 is 0 Å². The van der Waals surface area contributed by atoms with Crippen LogP contribution in [-0.2, 0) is 19.5 Å². The minimum absolute atomic E-state index is 0.105. The standard InChI is InChI=1S/C18H16N4O3S2/c23-17(15-2-1-9-26-15)20-18-19-14-7-8-21(11-16(14)27-18)10-12-3-5-13(6-4-12)22(24)25/h1-6,9H,7-8,10-11H2,(H,19,20,23). The van der Waals surface area contributed by atoms with Crippen molar-refractivity contribution in [3.8, 4) is 0 Å². The second-order valence-corrected chi connectivity index (χ2v) is 8.24. The maximum atomic E-state index is 12.2. The largest absolute Gasteiger partial charge is 0.297 e. The fraction of sp³-hybridized carbons (Fsp3) is 0.222. The molecule has 0 unspecified atom stereocenters. The van der Waals surface area contributed by atoms with E-state index in [-0.39, 0.29) is 16.5 Å². The molecule has 0 bridgehead atoms. The Morgan fingerprint density at radius 2 is 2.11 bits per heavy atom. The molecule has 0 fully saturated rings. The van der Waals surface area contributed by atoms with Gasteiger partial charge in [-0.25, -0.2) is 4.98 Å². The summed E-state index contributed by atoms with van der Waals surface area (Å²) >= 11 is 2.92. The lowest BCUT2D eigenvalue weighted by molar-refractivity contribution is -0.384. The van der Waals surface area contributed by atoms with Gasteiger partial charge in [-0.3, -0.25) is 25.1 Å². The van der Waals surface area contributed by atoms with Crippen LogP contribution >= 0.6 is 22.7 Å². The highest BCUT2D eigenvalue weighted by atomic mass is 32.1. The normalized spacial score (nSPS) is 13.9. The molecule has 0 saturated heterocycles. The fourth-order valence-corrected chi connectivity index (χ4v) is 4.65. The Bertz CT molecular complexity index is 967. The molecular weight excluding hydrogens is 384 g/mol.